The van der Waals surface area contributed by atoms with E-state index in [4.69, 9.17) is 4.74 Å². The number of rotatable bonds is 7. The lowest BCUT2D eigenvalue weighted by atomic mass is 10.1. The van der Waals surface area contributed by atoms with Crippen molar-refractivity contribution in [3.63, 3.8) is 0 Å². The van der Waals surface area contributed by atoms with Crippen LogP contribution in [-0.4, -0.2) is 17.2 Å². The fraction of sp³-hybridized carbons (Fsp3) is 0.0909. The number of para-hydroxylation sites is 1. The number of hydrogen-bond donors (Lipinski definition) is 2. The molecule has 0 atom stereocenters. The van der Waals surface area contributed by atoms with E-state index < -0.39 is 0 Å². The van der Waals surface area contributed by atoms with Gasteiger partial charge in [0, 0.05) is 5.56 Å². The van der Waals surface area contributed by atoms with Gasteiger partial charge in [-0.15, -0.1) is 0 Å². The molecule has 3 rings (SSSR count). The number of carbonyl (C=O) groups excluding carboxylic acids is 1. The molecule has 136 valence electrons. The van der Waals surface area contributed by atoms with Gasteiger partial charge < -0.3 is 9.84 Å². The standard InChI is InChI=1S/C22H20N2O3/c25-20-12-10-17(11-13-20)14-22(26)24-23-15-18-6-4-5-7-19(18)16-27-21-8-2-1-3-9-21/h1-13,15,25H,14,16H2,(H,24,26)/b23-15-. The molecule has 0 saturated carbocycles. The lowest BCUT2D eigenvalue weighted by molar-refractivity contribution is -0.120. The molecule has 1 amide bonds. The van der Waals surface area contributed by atoms with Crippen molar-refractivity contribution < 1.29 is 14.6 Å². The predicted octanol–water partition coefficient (Wildman–Crippen LogP) is 3.66. The van der Waals surface area contributed by atoms with Crippen LogP contribution in [0.25, 0.3) is 0 Å². The van der Waals surface area contributed by atoms with Gasteiger partial charge in [-0.1, -0.05) is 54.6 Å². The second kappa shape index (κ2) is 9.20. The van der Waals surface area contributed by atoms with Crippen molar-refractivity contribution in [1.82, 2.24) is 5.43 Å². The second-order valence-corrected chi connectivity index (χ2v) is 5.94. The summed E-state index contributed by atoms with van der Waals surface area (Å²) < 4.78 is 5.78. The van der Waals surface area contributed by atoms with Crippen LogP contribution in [0, 0.1) is 0 Å². The number of ether oxygens (including phenoxy) is 1. The van der Waals surface area contributed by atoms with Crippen molar-refractivity contribution in [2.75, 3.05) is 0 Å². The number of aromatic hydroxyl groups is 1. The highest BCUT2D eigenvalue weighted by Crippen LogP contribution is 2.14. The number of phenols is 1. The van der Waals surface area contributed by atoms with E-state index in [-0.39, 0.29) is 18.1 Å². The normalized spacial score (nSPS) is 10.7. The highest BCUT2D eigenvalue weighted by molar-refractivity contribution is 5.84. The van der Waals surface area contributed by atoms with Gasteiger partial charge in [0.05, 0.1) is 12.6 Å². The molecule has 0 aliphatic carbocycles. The zero-order chi connectivity index (χ0) is 18.9. The number of nitrogens with zero attached hydrogens (tertiary/aromatic N) is 1. The average Bonchev–Trinajstić information content (AvgIpc) is 2.70. The van der Waals surface area contributed by atoms with Crippen molar-refractivity contribution in [3.05, 3.63) is 95.6 Å². The van der Waals surface area contributed by atoms with Crippen molar-refractivity contribution in [1.29, 1.82) is 0 Å². The van der Waals surface area contributed by atoms with Crippen molar-refractivity contribution in [2.45, 2.75) is 13.0 Å². The summed E-state index contributed by atoms with van der Waals surface area (Å²) in [6, 6.07) is 23.8. The number of phenolic OH excluding ortho intramolecular Hbond substituents is 1. The number of amides is 1. The Morgan fingerprint density at radius 3 is 2.44 bits per heavy atom. The van der Waals surface area contributed by atoms with Gasteiger partial charge >= 0.3 is 0 Å². The first-order chi connectivity index (χ1) is 13.2. The summed E-state index contributed by atoms with van der Waals surface area (Å²) in [5.74, 6) is 0.743. The van der Waals surface area contributed by atoms with Gasteiger partial charge in [-0.2, -0.15) is 5.10 Å². The first-order valence-corrected chi connectivity index (χ1v) is 8.56. The minimum Gasteiger partial charge on any atom is -0.508 e. The van der Waals surface area contributed by atoms with Crippen LogP contribution in [0.2, 0.25) is 0 Å². The van der Waals surface area contributed by atoms with E-state index in [2.05, 4.69) is 10.5 Å². The van der Waals surface area contributed by atoms with Crippen LogP contribution < -0.4 is 10.2 Å². The maximum Gasteiger partial charge on any atom is 0.244 e. The summed E-state index contributed by atoms with van der Waals surface area (Å²) >= 11 is 0. The summed E-state index contributed by atoms with van der Waals surface area (Å²) in [5, 5.41) is 13.3. The van der Waals surface area contributed by atoms with Crippen LogP contribution in [0.4, 0.5) is 0 Å². The van der Waals surface area contributed by atoms with Gasteiger partial charge in [0.15, 0.2) is 0 Å². The molecule has 0 saturated heterocycles. The smallest absolute Gasteiger partial charge is 0.244 e. The SMILES string of the molecule is O=C(Cc1ccc(O)cc1)N/N=C\c1ccccc1COc1ccccc1. The molecule has 0 aromatic heterocycles. The Bertz CT molecular complexity index is 906. The van der Waals surface area contributed by atoms with E-state index in [0.717, 1.165) is 22.4 Å². The fourth-order valence-corrected chi connectivity index (χ4v) is 2.48. The van der Waals surface area contributed by atoms with Gasteiger partial charge in [-0.3, -0.25) is 4.79 Å². The summed E-state index contributed by atoms with van der Waals surface area (Å²) in [5.41, 5.74) is 5.17. The Balaban J connectivity index is 1.56. The molecule has 27 heavy (non-hydrogen) atoms. The molecular weight excluding hydrogens is 340 g/mol. The van der Waals surface area contributed by atoms with Gasteiger partial charge in [0.2, 0.25) is 5.91 Å². The van der Waals surface area contributed by atoms with Crippen LogP contribution in [0.5, 0.6) is 11.5 Å². The predicted molar refractivity (Wildman–Crippen MR) is 105 cm³/mol. The van der Waals surface area contributed by atoms with Crippen molar-refractivity contribution in [3.8, 4) is 11.5 Å². The van der Waals surface area contributed by atoms with E-state index in [1.54, 1.807) is 30.5 Å². The summed E-state index contributed by atoms with van der Waals surface area (Å²) in [4.78, 5) is 12.0. The van der Waals surface area contributed by atoms with Crippen LogP contribution in [0.1, 0.15) is 16.7 Å². The molecule has 2 N–H and O–H groups in total. The van der Waals surface area contributed by atoms with Crippen molar-refractivity contribution >= 4 is 12.1 Å². The zero-order valence-corrected chi connectivity index (χ0v) is 14.7. The third kappa shape index (κ3) is 5.71. The Hall–Kier alpha value is -3.60. The third-order valence-corrected chi connectivity index (χ3v) is 3.89. The van der Waals surface area contributed by atoms with Gasteiger partial charge in [0.25, 0.3) is 0 Å². The van der Waals surface area contributed by atoms with Crippen LogP contribution >= 0.6 is 0 Å². The molecule has 0 spiro atoms. The molecule has 0 fully saturated rings. The first-order valence-electron chi connectivity index (χ1n) is 8.56. The molecule has 0 aliphatic rings. The second-order valence-electron chi connectivity index (χ2n) is 5.94. The molecule has 0 bridgehead atoms. The molecule has 5 heteroatoms. The van der Waals surface area contributed by atoms with E-state index in [1.165, 1.54) is 0 Å². The fourth-order valence-electron chi connectivity index (χ4n) is 2.48. The van der Waals surface area contributed by atoms with E-state index >= 15 is 0 Å². The van der Waals surface area contributed by atoms with E-state index in [1.807, 2.05) is 54.6 Å². The Kier molecular flexibility index (Phi) is 6.20. The van der Waals surface area contributed by atoms with Gasteiger partial charge in [0.1, 0.15) is 18.1 Å². The quantitative estimate of drug-likeness (QED) is 0.499. The molecule has 0 radical (unpaired) electrons. The number of carbonyl (C=O) groups is 1. The number of benzene rings is 3. The van der Waals surface area contributed by atoms with Gasteiger partial charge in [-0.05, 0) is 35.4 Å². The van der Waals surface area contributed by atoms with E-state index in [0.29, 0.717) is 6.61 Å². The van der Waals surface area contributed by atoms with Gasteiger partial charge in [-0.25, -0.2) is 5.43 Å². The lowest BCUT2D eigenvalue weighted by Crippen LogP contribution is -2.19. The van der Waals surface area contributed by atoms with Crippen LogP contribution in [-0.2, 0) is 17.8 Å². The number of nitrogens with one attached hydrogen (secondary N) is 1. The molecule has 3 aromatic rings. The topological polar surface area (TPSA) is 70.9 Å². The minimum absolute atomic E-state index is 0.173. The van der Waals surface area contributed by atoms with Crippen LogP contribution in [0.3, 0.4) is 0 Å². The first kappa shape index (κ1) is 18.2. The van der Waals surface area contributed by atoms with E-state index in [9.17, 15) is 9.90 Å². The number of hydrazone groups is 1. The largest absolute Gasteiger partial charge is 0.508 e. The molecule has 3 aromatic carbocycles. The Morgan fingerprint density at radius 2 is 1.67 bits per heavy atom. The highest BCUT2D eigenvalue weighted by Gasteiger charge is 2.03. The summed E-state index contributed by atoms with van der Waals surface area (Å²) in [7, 11) is 0. The monoisotopic (exact) mass is 360 g/mol. The Morgan fingerprint density at radius 1 is 0.963 bits per heavy atom. The molecule has 0 aliphatic heterocycles. The molecule has 0 heterocycles. The molecule has 5 nitrogen and oxygen atoms in total. The zero-order valence-electron chi connectivity index (χ0n) is 14.7. The summed E-state index contributed by atoms with van der Waals surface area (Å²) in [6.45, 7) is 0.410. The van der Waals surface area contributed by atoms with Crippen LogP contribution in [0.15, 0.2) is 84.0 Å². The highest BCUT2D eigenvalue weighted by atomic mass is 16.5. The van der Waals surface area contributed by atoms with Crippen molar-refractivity contribution in [2.24, 2.45) is 5.10 Å². The summed E-state index contributed by atoms with van der Waals surface area (Å²) in [6.07, 6.45) is 1.80. The lowest BCUT2D eigenvalue weighted by Gasteiger charge is -2.08. The minimum atomic E-state index is -0.227. The molecule has 0 unspecified atom stereocenters. The Labute approximate surface area is 157 Å². The number of hydrogen-bond acceptors (Lipinski definition) is 4. The maximum absolute atomic E-state index is 12.0. The maximum atomic E-state index is 12.0. The molecular formula is C22H20N2O3. The third-order valence-electron chi connectivity index (χ3n) is 3.89. The average molecular weight is 360 g/mol.